The number of benzene rings is 2. The molecule has 2 nitrogen and oxygen atoms in total. The van der Waals surface area contributed by atoms with E-state index in [1.54, 1.807) is 6.07 Å². The second kappa shape index (κ2) is 5.34. The third-order valence-electron chi connectivity index (χ3n) is 6.93. The van der Waals surface area contributed by atoms with Crippen molar-refractivity contribution in [1.82, 2.24) is 0 Å². The molecule has 4 saturated carbocycles. The zero-order valence-corrected chi connectivity index (χ0v) is 13.9. The summed E-state index contributed by atoms with van der Waals surface area (Å²) in [7, 11) is 0. The van der Waals surface area contributed by atoms with E-state index in [0.717, 1.165) is 28.2 Å². The van der Waals surface area contributed by atoms with Crippen LogP contribution in [0.15, 0.2) is 36.4 Å². The van der Waals surface area contributed by atoms with Crippen molar-refractivity contribution in [1.29, 1.82) is 0 Å². The molecule has 0 radical (unpaired) electrons. The fraction of sp³-hybridized carbons (Fsp3) is 0.500. The van der Waals surface area contributed by atoms with Crippen LogP contribution in [0.25, 0.3) is 10.8 Å². The van der Waals surface area contributed by atoms with Gasteiger partial charge in [0.1, 0.15) is 11.5 Å². The van der Waals surface area contributed by atoms with Gasteiger partial charge in [-0.3, -0.25) is 4.79 Å². The fourth-order valence-corrected chi connectivity index (χ4v) is 6.30. The molecule has 6 rings (SSSR count). The van der Waals surface area contributed by atoms with Gasteiger partial charge in [0.25, 0.3) is 0 Å². The van der Waals surface area contributed by atoms with Crippen LogP contribution in [-0.4, -0.2) is 10.9 Å². The summed E-state index contributed by atoms with van der Waals surface area (Å²) < 4.78 is 0. The Morgan fingerprint density at radius 1 is 0.917 bits per heavy atom. The standard InChI is InChI=1S/C22H24O2/c23-19-6-2-4-15-3-1-5-16(21(15)19)12-20(24)22-17-8-13-7-14(10-17)11-18(22)9-13/h1-6,13-14,17-18,22-23H,7-12H2. The van der Waals surface area contributed by atoms with E-state index in [9.17, 15) is 9.90 Å². The van der Waals surface area contributed by atoms with Gasteiger partial charge in [0.05, 0.1) is 0 Å². The first-order valence-electron chi connectivity index (χ1n) is 9.41. The number of hydrogen-bond acceptors (Lipinski definition) is 2. The van der Waals surface area contributed by atoms with Crippen molar-refractivity contribution in [3.05, 3.63) is 42.0 Å². The van der Waals surface area contributed by atoms with E-state index in [0.29, 0.717) is 29.8 Å². The van der Waals surface area contributed by atoms with Crippen LogP contribution in [0.4, 0.5) is 0 Å². The molecule has 2 aromatic rings. The molecule has 0 spiro atoms. The molecule has 1 N–H and O–H groups in total. The Hall–Kier alpha value is -1.83. The summed E-state index contributed by atoms with van der Waals surface area (Å²) in [6, 6.07) is 11.6. The summed E-state index contributed by atoms with van der Waals surface area (Å²) >= 11 is 0. The number of carbonyl (C=O) groups is 1. The van der Waals surface area contributed by atoms with Crippen LogP contribution in [-0.2, 0) is 11.2 Å². The van der Waals surface area contributed by atoms with E-state index in [2.05, 4.69) is 0 Å². The zero-order chi connectivity index (χ0) is 16.3. The van der Waals surface area contributed by atoms with Gasteiger partial charge in [0, 0.05) is 17.7 Å². The number of hydrogen-bond donors (Lipinski definition) is 1. The molecule has 0 aliphatic heterocycles. The van der Waals surface area contributed by atoms with Crippen molar-refractivity contribution in [2.75, 3.05) is 0 Å². The molecule has 0 atom stereocenters. The van der Waals surface area contributed by atoms with Crippen LogP contribution in [0.2, 0.25) is 0 Å². The van der Waals surface area contributed by atoms with Gasteiger partial charge in [-0.1, -0.05) is 30.3 Å². The Bertz CT molecular complexity index is 773. The lowest BCUT2D eigenvalue weighted by molar-refractivity contribution is -0.135. The first-order chi connectivity index (χ1) is 11.7. The van der Waals surface area contributed by atoms with Gasteiger partial charge in [-0.15, -0.1) is 0 Å². The molecule has 2 aromatic carbocycles. The van der Waals surface area contributed by atoms with Crippen LogP contribution < -0.4 is 0 Å². The number of aromatic hydroxyl groups is 1. The minimum atomic E-state index is 0.277. The van der Waals surface area contributed by atoms with Gasteiger partial charge < -0.3 is 5.11 Å². The summed E-state index contributed by atoms with van der Waals surface area (Å²) in [6.45, 7) is 0. The largest absolute Gasteiger partial charge is 0.507 e. The molecule has 0 amide bonds. The average Bonchev–Trinajstić information content (AvgIpc) is 2.54. The van der Waals surface area contributed by atoms with E-state index in [-0.39, 0.29) is 5.92 Å². The van der Waals surface area contributed by atoms with Crippen LogP contribution in [0.3, 0.4) is 0 Å². The van der Waals surface area contributed by atoms with Gasteiger partial charge in [0.2, 0.25) is 0 Å². The quantitative estimate of drug-likeness (QED) is 0.887. The summed E-state index contributed by atoms with van der Waals surface area (Å²) in [5.41, 5.74) is 0.990. The molecular weight excluding hydrogens is 296 g/mol. The monoisotopic (exact) mass is 320 g/mol. The van der Waals surface area contributed by atoms with E-state index >= 15 is 0 Å². The minimum absolute atomic E-state index is 0.277. The Kier molecular flexibility index (Phi) is 3.23. The predicted octanol–water partition coefficient (Wildman–Crippen LogP) is 4.73. The predicted molar refractivity (Wildman–Crippen MR) is 94.9 cm³/mol. The van der Waals surface area contributed by atoms with Crippen molar-refractivity contribution < 1.29 is 9.90 Å². The number of Topliss-reactive ketones (excluding diaryl/α,β-unsaturated/α-hetero) is 1. The zero-order valence-electron chi connectivity index (χ0n) is 13.9. The first-order valence-corrected chi connectivity index (χ1v) is 9.41. The highest BCUT2D eigenvalue weighted by atomic mass is 16.3. The molecular formula is C22H24O2. The third-order valence-corrected chi connectivity index (χ3v) is 6.93. The maximum atomic E-state index is 13.2. The van der Waals surface area contributed by atoms with E-state index in [1.807, 2.05) is 30.3 Å². The maximum Gasteiger partial charge on any atom is 0.140 e. The van der Waals surface area contributed by atoms with Crippen LogP contribution in [0.5, 0.6) is 5.75 Å². The second-order valence-corrected chi connectivity index (χ2v) is 8.39. The smallest absolute Gasteiger partial charge is 0.140 e. The molecule has 4 aliphatic rings. The highest BCUT2D eigenvalue weighted by molar-refractivity contribution is 5.95. The molecule has 24 heavy (non-hydrogen) atoms. The number of phenols is 1. The summed E-state index contributed by atoms with van der Waals surface area (Å²) in [6.07, 6.45) is 7.02. The Labute approximate surface area is 142 Å². The van der Waals surface area contributed by atoms with Crippen LogP contribution in [0.1, 0.15) is 37.7 Å². The highest BCUT2D eigenvalue weighted by Gasteiger charge is 2.50. The summed E-state index contributed by atoms with van der Waals surface area (Å²) in [4.78, 5) is 13.2. The molecule has 124 valence electrons. The van der Waals surface area contributed by atoms with Crippen molar-refractivity contribution in [3.63, 3.8) is 0 Å². The molecule has 0 aromatic heterocycles. The van der Waals surface area contributed by atoms with Crippen LogP contribution >= 0.6 is 0 Å². The fourth-order valence-electron chi connectivity index (χ4n) is 6.30. The van der Waals surface area contributed by atoms with Gasteiger partial charge in [0.15, 0.2) is 0 Å². The number of fused-ring (bicyclic) bond motifs is 1. The van der Waals surface area contributed by atoms with Crippen LogP contribution in [0, 0.1) is 29.6 Å². The van der Waals surface area contributed by atoms with E-state index in [4.69, 9.17) is 0 Å². The first kappa shape index (κ1) is 14.5. The lowest BCUT2D eigenvalue weighted by Gasteiger charge is -2.53. The van der Waals surface area contributed by atoms with Gasteiger partial charge in [-0.2, -0.15) is 0 Å². The molecule has 0 heterocycles. The molecule has 4 bridgehead atoms. The molecule has 4 aliphatic carbocycles. The van der Waals surface area contributed by atoms with E-state index in [1.165, 1.54) is 32.1 Å². The van der Waals surface area contributed by atoms with Gasteiger partial charge >= 0.3 is 0 Å². The highest BCUT2D eigenvalue weighted by Crippen LogP contribution is 2.56. The summed E-state index contributed by atoms with van der Waals surface area (Å²) in [5.74, 6) is 4.06. The molecule has 0 saturated heterocycles. The van der Waals surface area contributed by atoms with Gasteiger partial charge in [-0.25, -0.2) is 0 Å². The number of ketones is 1. The lowest BCUT2D eigenvalue weighted by Crippen LogP contribution is -2.48. The van der Waals surface area contributed by atoms with Crippen molar-refractivity contribution in [3.8, 4) is 5.75 Å². The Morgan fingerprint density at radius 2 is 1.54 bits per heavy atom. The summed E-state index contributed by atoms with van der Waals surface area (Å²) in [5, 5.41) is 12.1. The average molecular weight is 320 g/mol. The second-order valence-electron chi connectivity index (χ2n) is 8.39. The third kappa shape index (κ3) is 2.19. The number of rotatable bonds is 3. The lowest BCUT2D eigenvalue weighted by atomic mass is 9.51. The van der Waals surface area contributed by atoms with E-state index < -0.39 is 0 Å². The van der Waals surface area contributed by atoms with Gasteiger partial charge in [-0.05, 0) is 72.8 Å². The Balaban J connectivity index is 1.45. The molecule has 2 heteroatoms. The topological polar surface area (TPSA) is 37.3 Å². The molecule has 4 fully saturated rings. The number of phenolic OH excluding ortho intramolecular Hbond substituents is 1. The SMILES string of the molecule is O=C(Cc1cccc2cccc(O)c12)C1C2CC3CC(C2)CC1C3. The van der Waals surface area contributed by atoms with Crippen molar-refractivity contribution >= 4 is 16.6 Å². The van der Waals surface area contributed by atoms with Crippen molar-refractivity contribution in [2.24, 2.45) is 29.6 Å². The Morgan fingerprint density at radius 3 is 2.21 bits per heavy atom. The number of carbonyl (C=O) groups excluding carboxylic acids is 1. The maximum absolute atomic E-state index is 13.2. The van der Waals surface area contributed by atoms with Crippen molar-refractivity contribution in [2.45, 2.75) is 38.5 Å². The minimum Gasteiger partial charge on any atom is -0.507 e. The molecule has 0 unspecified atom stereocenters. The normalized spacial score (nSPS) is 33.9.